The van der Waals surface area contributed by atoms with Gasteiger partial charge in [0.25, 0.3) is 0 Å². The number of nitriles is 1. The summed E-state index contributed by atoms with van der Waals surface area (Å²) >= 11 is 0. The molecule has 1 saturated heterocycles. The molecule has 0 amide bonds. The standard InChI is InChI=1S/C8H11NO/c1-8(2)6-10-5-7(8)3-4-9/h3H,5-6H2,1-2H3/b7-3+. The second-order valence-electron chi connectivity index (χ2n) is 3.18. The van der Waals surface area contributed by atoms with Gasteiger partial charge in [-0.2, -0.15) is 5.26 Å². The molecule has 1 aliphatic rings. The summed E-state index contributed by atoms with van der Waals surface area (Å²) in [5, 5.41) is 8.38. The molecule has 0 aromatic rings. The minimum absolute atomic E-state index is 0.0791. The van der Waals surface area contributed by atoms with E-state index in [9.17, 15) is 0 Å². The SMILES string of the molecule is CC1(C)COC/C1=C\C#N. The summed E-state index contributed by atoms with van der Waals surface area (Å²) in [6.07, 6.45) is 1.59. The van der Waals surface area contributed by atoms with Crippen LogP contribution in [0.15, 0.2) is 11.6 Å². The zero-order chi connectivity index (χ0) is 7.61. The van der Waals surface area contributed by atoms with Crippen molar-refractivity contribution in [3.05, 3.63) is 11.6 Å². The molecule has 2 nitrogen and oxygen atoms in total. The van der Waals surface area contributed by atoms with E-state index in [0.717, 1.165) is 12.2 Å². The molecule has 0 aromatic carbocycles. The van der Waals surface area contributed by atoms with Gasteiger partial charge in [-0.25, -0.2) is 0 Å². The lowest BCUT2D eigenvalue weighted by molar-refractivity contribution is 0.167. The molecule has 1 aliphatic heterocycles. The maximum absolute atomic E-state index is 8.38. The van der Waals surface area contributed by atoms with E-state index in [2.05, 4.69) is 13.8 Å². The zero-order valence-corrected chi connectivity index (χ0v) is 6.35. The Kier molecular flexibility index (Phi) is 1.78. The van der Waals surface area contributed by atoms with Crippen LogP contribution >= 0.6 is 0 Å². The predicted molar refractivity (Wildman–Crippen MR) is 38.3 cm³/mol. The lowest BCUT2D eigenvalue weighted by Crippen LogP contribution is -2.12. The van der Waals surface area contributed by atoms with E-state index in [-0.39, 0.29) is 5.41 Å². The van der Waals surface area contributed by atoms with Crippen molar-refractivity contribution in [2.24, 2.45) is 5.41 Å². The summed E-state index contributed by atoms with van der Waals surface area (Å²) in [7, 11) is 0. The summed E-state index contributed by atoms with van der Waals surface area (Å²) in [6, 6.07) is 2.02. The normalized spacial score (nSPS) is 26.7. The Morgan fingerprint density at radius 2 is 2.40 bits per heavy atom. The van der Waals surface area contributed by atoms with Gasteiger partial charge in [-0.05, 0) is 5.57 Å². The van der Waals surface area contributed by atoms with Crippen molar-refractivity contribution in [1.29, 1.82) is 5.26 Å². The monoisotopic (exact) mass is 137 g/mol. The number of hydrogen-bond donors (Lipinski definition) is 0. The highest BCUT2D eigenvalue weighted by atomic mass is 16.5. The van der Waals surface area contributed by atoms with Gasteiger partial charge in [0.1, 0.15) is 0 Å². The second-order valence-corrected chi connectivity index (χ2v) is 3.18. The van der Waals surface area contributed by atoms with E-state index >= 15 is 0 Å². The average molecular weight is 137 g/mol. The molecule has 0 atom stereocenters. The van der Waals surface area contributed by atoms with Crippen LogP contribution in [0.5, 0.6) is 0 Å². The van der Waals surface area contributed by atoms with Gasteiger partial charge >= 0.3 is 0 Å². The number of allylic oxidation sites excluding steroid dienone is 1. The number of hydrogen-bond acceptors (Lipinski definition) is 2. The Morgan fingerprint density at radius 1 is 1.70 bits per heavy atom. The lowest BCUT2D eigenvalue weighted by atomic mass is 9.87. The molecule has 2 heteroatoms. The largest absolute Gasteiger partial charge is 0.376 e. The topological polar surface area (TPSA) is 33.0 Å². The fourth-order valence-electron chi connectivity index (χ4n) is 1.02. The molecule has 1 heterocycles. The van der Waals surface area contributed by atoms with Crippen molar-refractivity contribution >= 4 is 0 Å². The fourth-order valence-corrected chi connectivity index (χ4v) is 1.02. The first-order chi connectivity index (χ1) is 4.67. The molecule has 0 radical (unpaired) electrons. The minimum Gasteiger partial charge on any atom is -0.376 e. The fraction of sp³-hybridized carbons (Fsp3) is 0.625. The summed E-state index contributed by atoms with van der Waals surface area (Å²) in [5.41, 5.74) is 1.19. The van der Waals surface area contributed by atoms with Crippen LogP contribution in [0.25, 0.3) is 0 Å². The van der Waals surface area contributed by atoms with Crippen molar-refractivity contribution in [2.45, 2.75) is 13.8 Å². The highest BCUT2D eigenvalue weighted by molar-refractivity contribution is 5.22. The maximum atomic E-state index is 8.38. The van der Waals surface area contributed by atoms with Gasteiger partial charge in [0.05, 0.1) is 19.3 Å². The van der Waals surface area contributed by atoms with Crippen LogP contribution in [0, 0.1) is 16.7 Å². The number of nitrogens with zero attached hydrogens (tertiary/aromatic N) is 1. The van der Waals surface area contributed by atoms with Crippen LogP contribution in [-0.4, -0.2) is 13.2 Å². The number of rotatable bonds is 0. The van der Waals surface area contributed by atoms with E-state index in [1.54, 1.807) is 6.08 Å². The van der Waals surface area contributed by atoms with Crippen LogP contribution in [-0.2, 0) is 4.74 Å². The molecule has 0 aromatic heterocycles. The van der Waals surface area contributed by atoms with Crippen LogP contribution in [0.3, 0.4) is 0 Å². The lowest BCUT2D eigenvalue weighted by Gasteiger charge is -2.15. The first-order valence-electron chi connectivity index (χ1n) is 3.34. The molecular weight excluding hydrogens is 126 g/mol. The summed E-state index contributed by atoms with van der Waals surface area (Å²) in [6.45, 7) is 5.54. The first-order valence-corrected chi connectivity index (χ1v) is 3.34. The maximum Gasteiger partial charge on any atom is 0.0912 e. The van der Waals surface area contributed by atoms with Crippen LogP contribution in [0.4, 0.5) is 0 Å². The smallest absolute Gasteiger partial charge is 0.0912 e. The van der Waals surface area contributed by atoms with Crippen LogP contribution in [0.1, 0.15) is 13.8 Å². The third kappa shape index (κ3) is 1.19. The van der Waals surface area contributed by atoms with Crippen molar-refractivity contribution in [1.82, 2.24) is 0 Å². The Labute approximate surface area is 61.1 Å². The highest BCUT2D eigenvalue weighted by Crippen LogP contribution is 2.31. The molecule has 0 saturated carbocycles. The van der Waals surface area contributed by atoms with Gasteiger partial charge in [-0.3, -0.25) is 0 Å². The molecular formula is C8H11NO. The summed E-state index contributed by atoms with van der Waals surface area (Å²) in [4.78, 5) is 0. The average Bonchev–Trinajstić information content (AvgIpc) is 2.13. The molecule has 10 heavy (non-hydrogen) atoms. The quantitative estimate of drug-likeness (QED) is 0.474. The van der Waals surface area contributed by atoms with Gasteiger partial charge in [0.15, 0.2) is 0 Å². The molecule has 0 N–H and O–H groups in total. The van der Waals surface area contributed by atoms with E-state index in [4.69, 9.17) is 10.00 Å². The summed E-state index contributed by atoms with van der Waals surface area (Å²) in [5.74, 6) is 0. The third-order valence-corrected chi connectivity index (χ3v) is 1.83. The molecule has 1 fully saturated rings. The molecule has 0 unspecified atom stereocenters. The zero-order valence-electron chi connectivity index (χ0n) is 6.35. The molecule has 54 valence electrons. The van der Waals surface area contributed by atoms with Gasteiger partial charge < -0.3 is 4.74 Å². The van der Waals surface area contributed by atoms with Crippen molar-refractivity contribution in [3.8, 4) is 6.07 Å². The van der Waals surface area contributed by atoms with Crippen LogP contribution in [0.2, 0.25) is 0 Å². The van der Waals surface area contributed by atoms with Crippen LogP contribution < -0.4 is 0 Å². The van der Waals surface area contributed by atoms with Gasteiger partial charge in [-0.15, -0.1) is 0 Å². The van der Waals surface area contributed by atoms with E-state index in [1.807, 2.05) is 6.07 Å². The third-order valence-electron chi connectivity index (χ3n) is 1.83. The van der Waals surface area contributed by atoms with Gasteiger partial charge in [0.2, 0.25) is 0 Å². The van der Waals surface area contributed by atoms with Crippen molar-refractivity contribution in [2.75, 3.05) is 13.2 Å². The Balaban J connectivity index is 2.80. The van der Waals surface area contributed by atoms with Crippen molar-refractivity contribution < 1.29 is 4.74 Å². The summed E-state index contributed by atoms with van der Waals surface area (Å²) < 4.78 is 5.21. The van der Waals surface area contributed by atoms with E-state index in [1.165, 1.54) is 0 Å². The Morgan fingerprint density at radius 3 is 2.80 bits per heavy atom. The predicted octanol–water partition coefficient (Wildman–Crippen LogP) is 1.49. The van der Waals surface area contributed by atoms with Crippen molar-refractivity contribution in [3.63, 3.8) is 0 Å². The Bertz CT molecular complexity index is 198. The van der Waals surface area contributed by atoms with E-state index < -0.39 is 0 Å². The number of ether oxygens (including phenoxy) is 1. The molecule has 0 aliphatic carbocycles. The van der Waals surface area contributed by atoms with Gasteiger partial charge in [-0.1, -0.05) is 13.8 Å². The second kappa shape index (κ2) is 2.43. The molecule has 1 rings (SSSR count). The first kappa shape index (κ1) is 7.30. The molecule has 0 spiro atoms. The van der Waals surface area contributed by atoms with Gasteiger partial charge in [0, 0.05) is 11.5 Å². The minimum atomic E-state index is 0.0791. The Hall–Kier alpha value is -0.810. The van der Waals surface area contributed by atoms with E-state index in [0.29, 0.717) is 6.61 Å². The molecule has 0 bridgehead atoms. The highest BCUT2D eigenvalue weighted by Gasteiger charge is 2.29.